The second-order valence-corrected chi connectivity index (χ2v) is 3.42. The first-order valence-electron chi connectivity index (χ1n) is 3.82. The summed E-state index contributed by atoms with van der Waals surface area (Å²) in [7, 11) is 0. The summed E-state index contributed by atoms with van der Waals surface area (Å²) in [4.78, 5) is 8.78. The van der Waals surface area contributed by atoms with Crippen molar-refractivity contribution in [3.8, 4) is 6.07 Å². The lowest BCUT2D eigenvalue weighted by Crippen LogP contribution is -1.81. The van der Waals surface area contributed by atoms with Crippen LogP contribution < -0.4 is 0 Å². The third-order valence-corrected chi connectivity index (χ3v) is 2.32. The zero-order valence-electron chi connectivity index (χ0n) is 7.04. The highest BCUT2D eigenvalue weighted by Crippen LogP contribution is 2.24. The standard InChI is InChI=1S/C9H5N3OS/c10-5-7-1-2-8(6-12-7)14-9-11-3-4-13-9/h1-4,6H. The Morgan fingerprint density at radius 3 is 2.86 bits per heavy atom. The van der Waals surface area contributed by atoms with Crippen LogP contribution in [0.15, 0.2) is 45.3 Å². The number of pyridine rings is 1. The highest BCUT2D eigenvalue weighted by atomic mass is 32.2. The summed E-state index contributed by atoms with van der Waals surface area (Å²) < 4.78 is 5.05. The molecule has 0 aliphatic carbocycles. The maximum Gasteiger partial charge on any atom is 0.260 e. The van der Waals surface area contributed by atoms with Crippen molar-refractivity contribution in [2.45, 2.75) is 10.1 Å². The molecule has 2 rings (SSSR count). The van der Waals surface area contributed by atoms with Crippen LogP contribution in [-0.4, -0.2) is 9.97 Å². The molecule has 0 atom stereocenters. The van der Waals surface area contributed by atoms with Gasteiger partial charge >= 0.3 is 0 Å². The van der Waals surface area contributed by atoms with Gasteiger partial charge in [-0.3, -0.25) is 0 Å². The first kappa shape index (κ1) is 8.78. The van der Waals surface area contributed by atoms with Crippen molar-refractivity contribution in [2.24, 2.45) is 0 Å². The number of aromatic nitrogens is 2. The van der Waals surface area contributed by atoms with Gasteiger partial charge in [-0.05, 0) is 23.9 Å². The van der Waals surface area contributed by atoms with E-state index in [-0.39, 0.29) is 0 Å². The van der Waals surface area contributed by atoms with Crippen LogP contribution in [0, 0.1) is 11.3 Å². The van der Waals surface area contributed by atoms with Gasteiger partial charge in [0.05, 0.1) is 6.20 Å². The van der Waals surface area contributed by atoms with Gasteiger partial charge in [0.2, 0.25) is 0 Å². The van der Waals surface area contributed by atoms with E-state index in [1.807, 2.05) is 6.07 Å². The molecule has 0 aliphatic heterocycles. The minimum atomic E-state index is 0.404. The molecule has 5 heteroatoms. The largest absolute Gasteiger partial charge is 0.440 e. The highest BCUT2D eigenvalue weighted by Gasteiger charge is 2.01. The molecule has 2 aromatic heterocycles. The summed E-state index contributed by atoms with van der Waals surface area (Å²) in [5.41, 5.74) is 0.404. The molecule has 0 saturated heterocycles. The van der Waals surface area contributed by atoms with Crippen LogP contribution in [0.25, 0.3) is 0 Å². The molecule has 0 fully saturated rings. The monoisotopic (exact) mass is 203 g/mol. The Kier molecular flexibility index (Phi) is 2.47. The Bertz CT molecular complexity index is 444. The van der Waals surface area contributed by atoms with Crippen LogP contribution in [0.2, 0.25) is 0 Å². The van der Waals surface area contributed by atoms with Crippen molar-refractivity contribution >= 4 is 11.8 Å². The Morgan fingerprint density at radius 1 is 1.36 bits per heavy atom. The zero-order chi connectivity index (χ0) is 9.80. The van der Waals surface area contributed by atoms with E-state index in [0.29, 0.717) is 10.9 Å². The summed E-state index contributed by atoms with van der Waals surface area (Å²) in [6.45, 7) is 0. The Balaban J connectivity index is 2.15. The maximum atomic E-state index is 8.53. The lowest BCUT2D eigenvalue weighted by atomic mass is 10.4. The smallest absolute Gasteiger partial charge is 0.260 e. The predicted molar refractivity (Wildman–Crippen MR) is 49.6 cm³/mol. The zero-order valence-corrected chi connectivity index (χ0v) is 7.86. The second kappa shape index (κ2) is 3.94. The highest BCUT2D eigenvalue weighted by molar-refractivity contribution is 7.99. The first-order valence-corrected chi connectivity index (χ1v) is 4.63. The van der Waals surface area contributed by atoms with Crippen LogP contribution in [-0.2, 0) is 0 Å². The molecule has 0 bridgehead atoms. The molecule has 0 aromatic carbocycles. The van der Waals surface area contributed by atoms with Gasteiger partial charge in [0.25, 0.3) is 5.22 Å². The maximum absolute atomic E-state index is 8.53. The van der Waals surface area contributed by atoms with Crippen molar-refractivity contribution in [2.75, 3.05) is 0 Å². The van der Waals surface area contributed by atoms with E-state index in [9.17, 15) is 0 Å². The fourth-order valence-electron chi connectivity index (χ4n) is 0.868. The number of oxazole rings is 1. The molecule has 68 valence electrons. The van der Waals surface area contributed by atoms with Gasteiger partial charge in [-0.25, -0.2) is 9.97 Å². The summed E-state index contributed by atoms with van der Waals surface area (Å²) >= 11 is 1.36. The van der Waals surface area contributed by atoms with Gasteiger partial charge in [-0.2, -0.15) is 5.26 Å². The van der Waals surface area contributed by atoms with Gasteiger partial charge in [0, 0.05) is 11.1 Å². The van der Waals surface area contributed by atoms with E-state index in [1.165, 1.54) is 18.0 Å². The van der Waals surface area contributed by atoms with Crippen molar-refractivity contribution in [1.29, 1.82) is 5.26 Å². The minimum absolute atomic E-state index is 0.404. The summed E-state index contributed by atoms with van der Waals surface area (Å²) in [6, 6.07) is 5.42. The van der Waals surface area contributed by atoms with E-state index in [1.54, 1.807) is 24.5 Å². The molecule has 0 saturated carbocycles. The van der Waals surface area contributed by atoms with Gasteiger partial charge < -0.3 is 4.42 Å². The Morgan fingerprint density at radius 2 is 2.29 bits per heavy atom. The fourth-order valence-corrected chi connectivity index (χ4v) is 1.53. The Labute approximate surface area is 84.6 Å². The molecule has 0 spiro atoms. The van der Waals surface area contributed by atoms with Gasteiger partial charge in [0.1, 0.15) is 18.0 Å². The molecule has 0 unspecified atom stereocenters. The molecule has 0 radical (unpaired) electrons. The molecule has 2 heterocycles. The summed E-state index contributed by atoms with van der Waals surface area (Å²) in [5, 5.41) is 9.10. The third-order valence-electron chi connectivity index (χ3n) is 1.47. The normalized spacial score (nSPS) is 9.64. The van der Waals surface area contributed by atoms with E-state index in [2.05, 4.69) is 9.97 Å². The van der Waals surface area contributed by atoms with Crippen LogP contribution in [0.1, 0.15) is 5.69 Å². The lowest BCUT2D eigenvalue weighted by Gasteiger charge is -1.94. The van der Waals surface area contributed by atoms with E-state index >= 15 is 0 Å². The van der Waals surface area contributed by atoms with Gasteiger partial charge in [-0.1, -0.05) is 0 Å². The molecular formula is C9H5N3OS. The van der Waals surface area contributed by atoms with Gasteiger partial charge in [0.15, 0.2) is 0 Å². The van der Waals surface area contributed by atoms with Crippen molar-refractivity contribution < 1.29 is 4.42 Å². The quantitative estimate of drug-likeness (QED) is 0.747. The van der Waals surface area contributed by atoms with E-state index < -0.39 is 0 Å². The van der Waals surface area contributed by atoms with Crippen molar-refractivity contribution in [3.05, 3.63) is 36.5 Å². The predicted octanol–water partition coefficient (Wildman–Crippen LogP) is 2.09. The van der Waals surface area contributed by atoms with Crippen molar-refractivity contribution in [3.63, 3.8) is 0 Å². The third kappa shape index (κ3) is 1.92. The van der Waals surface area contributed by atoms with E-state index in [4.69, 9.17) is 9.68 Å². The number of hydrogen-bond donors (Lipinski definition) is 0. The molecule has 0 amide bonds. The molecule has 2 aromatic rings. The molecule has 14 heavy (non-hydrogen) atoms. The molecule has 4 nitrogen and oxygen atoms in total. The number of nitriles is 1. The molecule has 0 aliphatic rings. The average molecular weight is 203 g/mol. The number of rotatable bonds is 2. The number of nitrogens with zero attached hydrogens (tertiary/aromatic N) is 3. The van der Waals surface area contributed by atoms with Crippen LogP contribution >= 0.6 is 11.8 Å². The van der Waals surface area contributed by atoms with E-state index in [0.717, 1.165) is 4.90 Å². The first-order chi connectivity index (χ1) is 6.88. The van der Waals surface area contributed by atoms with Crippen molar-refractivity contribution in [1.82, 2.24) is 9.97 Å². The van der Waals surface area contributed by atoms with Crippen LogP contribution in [0.5, 0.6) is 0 Å². The van der Waals surface area contributed by atoms with Gasteiger partial charge in [-0.15, -0.1) is 0 Å². The Hall–Kier alpha value is -1.80. The molecular weight excluding hydrogens is 198 g/mol. The van der Waals surface area contributed by atoms with Crippen LogP contribution in [0.4, 0.5) is 0 Å². The minimum Gasteiger partial charge on any atom is -0.440 e. The molecule has 0 N–H and O–H groups in total. The van der Waals surface area contributed by atoms with Crippen LogP contribution in [0.3, 0.4) is 0 Å². The topological polar surface area (TPSA) is 62.7 Å². The second-order valence-electron chi connectivity index (χ2n) is 2.39. The summed E-state index contributed by atoms with van der Waals surface area (Å²) in [5.74, 6) is 0. The average Bonchev–Trinajstić information content (AvgIpc) is 2.72. The summed E-state index contributed by atoms with van der Waals surface area (Å²) in [6.07, 6.45) is 4.71. The number of hydrogen-bond acceptors (Lipinski definition) is 5. The lowest BCUT2D eigenvalue weighted by molar-refractivity contribution is 0.454. The fraction of sp³-hybridized carbons (Fsp3) is 0. The SMILES string of the molecule is N#Cc1ccc(Sc2ncco2)cn1.